The van der Waals surface area contributed by atoms with Crippen LogP contribution in [0.1, 0.15) is 13.8 Å². The molecule has 6 nitrogen and oxygen atoms in total. The van der Waals surface area contributed by atoms with Gasteiger partial charge in [-0.05, 0) is 19.9 Å². The molecule has 100 valence electrons. The van der Waals surface area contributed by atoms with Gasteiger partial charge in [0.2, 0.25) is 0 Å². The van der Waals surface area contributed by atoms with Crippen molar-refractivity contribution in [3.63, 3.8) is 0 Å². The second-order valence-electron chi connectivity index (χ2n) is 4.94. The predicted octanol–water partition coefficient (Wildman–Crippen LogP) is 1.55. The molecule has 7 heteroatoms. The van der Waals surface area contributed by atoms with E-state index in [0.717, 1.165) is 5.06 Å². The van der Waals surface area contributed by atoms with Crippen molar-refractivity contribution in [3.05, 3.63) is 12.2 Å². The number of nitrogens with zero attached hydrogens (tertiary/aromatic N) is 1. The average molecular weight is 320 g/mol. The summed E-state index contributed by atoms with van der Waals surface area (Å²) in [6.45, 7) is 3.67. The van der Waals surface area contributed by atoms with E-state index in [9.17, 15) is 4.79 Å². The predicted molar refractivity (Wildman–Crippen MR) is 63.7 cm³/mol. The summed E-state index contributed by atoms with van der Waals surface area (Å²) in [6.07, 6.45) is 2.19. The maximum absolute atomic E-state index is 11.7. The lowest BCUT2D eigenvalue weighted by molar-refractivity contribution is -0.257. The van der Waals surface area contributed by atoms with Gasteiger partial charge in [0.05, 0.1) is 7.11 Å². The SMILES string of the molecule is COC(=O)N1OC2C=C[C@@]1(Br)C1OC(C)(C)OC21. The molecule has 18 heavy (non-hydrogen) atoms. The molecule has 0 N–H and O–H groups in total. The van der Waals surface area contributed by atoms with Gasteiger partial charge < -0.3 is 14.2 Å². The molecule has 0 aromatic rings. The van der Waals surface area contributed by atoms with Crippen molar-refractivity contribution in [3.8, 4) is 0 Å². The summed E-state index contributed by atoms with van der Waals surface area (Å²) < 4.78 is 15.5. The number of ether oxygens (including phenoxy) is 3. The van der Waals surface area contributed by atoms with Crippen LogP contribution in [0.25, 0.3) is 0 Å². The molecule has 2 saturated heterocycles. The standard InChI is InChI=1S/C11H14BrNO5/c1-10(2)16-7-6-4-5-11(12,8(7)17-10)13(18-6)9(14)15-3/h4-8H,1-3H3/t6?,7?,8?,11-/m0/s1. The zero-order valence-electron chi connectivity index (χ0n) is 10.3. The van der Waals surface area contributed by atoms with Crippen LogP contribution in [0, 0.1) is 0 Å². The Labute approximate surface area is 113 Å². The fraction of sp³-hybridized carbons (Fsp3) is 0.727. The van der Waals surface area contributed by atoms with E-state index in [1.54, 1.807) is 0 Å². The van der Waals surface area contributed by atoms with Crippen LogP contribution < -0.4 is 0 Å². The molecule has 4 aliphatic rings. The number of hydrogen-bond donors (Lipinski definition) is 0. The summed E-state index contributed by atoms with van der Waals surface area (Å²) in [5.74, 6) is -0.700. The summed E-state index contributed by atoms with van der Waals surface area (Å²) in [4.78, 5) is 17.3. The Bertz CT molecular complexity index is 426. The second kappa shape index (κ2) is 3.69. The molecule has 3 heterocycles. The highest BCUT2D eigenvalue weighted by Gasteiger charge is 2.64. The van der Waals surface area contributed by atoms with E-state index in [1.165, 1.54) is 7.11 Å². The van der Waals surface area contributed by atoms with Crippen molar-refractivity contribution in [1.29, 1.82) is 0 Å². The van der Waals surface area contributed by atoms with Crippen molar-refractivity contribution >= 4 is 22.0 Å². The minimum absolute atomic E-state index is 0.245. The first-order valence-corrected chi connectivity index (χ1v) is 6.45. The number of amides is 1. The van der Waals surface area contributed by atoms with Crippen molar-refractivity contribution < 1.29 is 23.8 Å². The molecule has 3 unspecified atom stereocenters. The van der Waals surface area contributed by atoms with Gasteiger partial charge in [0.1, 0.15) is 18.3 Å². The van der Waals surface area contributed by atoms with Crippen LogP contribution in [0.5, 0.6) is 0 Å². The number of alkyl halides is 1. The number of methoxy groups -OCH3 is 1. The third kappa shape index (κ3) is 1.54. The van der Waals surface area contributed by atoms with Crippen molar-refractivity contribution in [1.82, 2.24) is 5.06 Å². The third-order valence-electron chi connectivity index (χ3n) is 3.25. The lowest BCUT2D eigenvalue weighted by atomic mass is 9.92. The molecule has 0 spiro atoms. The summed E-state index contributed by atoms with van der Waals surface area (Å²) in [5.41, 5.74) is 0. The molecule has 1 amide bonds. The van der Waals surface area contributed by atoms with Crippen LogP contribution in [-0.2, 0) is 19.0 Å². The molecule has 0 aromatic carbocycles. The first-order valence-electron chi connectivity index (χ1n) is 5.66. The molecular formula is C11H14BrNO5. The van der Waals surface area contributed by atoms with Crippen LogP contribution >= 0.6 is 15.9 Å². The lowest BCUT2D eigenvalue weighted by Crippen LogP contribution is -2.67. The van der Waals surface area contributed by atoms with Gasteiger partial charge >= 0.3 is 6.09 Å². The Hall–Kier alpha value is -0.630. The van der Waals surface area contributed by atoms with Crippen molar-refractivity contribution in [2.75, 3.05) is 7.11 Å². The molecule has 2 fully saturated rings. The van der Waals surface area contributed by atoms with E-state index in [0.29, 0.717) is 0 Å². The van der Waals surface area contributed by atoms with Gasteiger partial charge in [0, 0.05) is 0 Å². The zero-order chi connectivity index (χ0) is 13.1. The van der Waals surface area contributed by atoms with Crippen molar-refractivity contribution in [2.24, 2.45) is 0 Å². The van der Waals surface area contributed by atoms with E-state index in [-0.39, 0.29) is 18.3 Å². The third-order valence-corrected chi connectivity index (χ3v) is 4.29. The second-order valence-corrected chi connectivity index (χ2v) is 6.21. The summed E-state index contributed by atoms with van der Waals surface area (Å²) in [6, 6.07) is 0. The van der Waals surface area contributed by atoms with Gasteiger partial charge in [0.25, 0.3) is 0 Å². The van der Waals surface area contributed by atoms with Crippen LogP contribution in [0.2, 0.25) is 0 Å². The fourth-order valence-electron chi connectivity index (χ4n) is 2.52. The first kappa shape index (κ1) is 12.4. The Balaban J connectivity index is 1.97. The molecule has 0 saturated carbocycles. The number of rotatable bonds is 0. The van der Waals surface area contributed by atoms with Gasteiger partial charge in [-0.15, -0.1) is 0 Å². The van der Waals surface area contributed by atoms with Crippen LogP contribution in [0.4, 0.5) is 4.79 Å². The highest BCUT2D eigenvalue weighted by Crippen LogP contribution is 2.49. The minimum Gasteiger partial charge on any atom is -0.451 e. The average Bonchev–Trinajstić information content (AvgIpc) is 2.66. The molecule has 2 bridgehead atoms. The van der Waals surface area contributed by atoms with Gasteiger partial charge in [-0.1, -0.05) is 22.0 Å². The van der Waals surface area contributed by atoms with Gasteiger partial charge in [-0.2, -0.15) is 5.06 Å². The quantitative estimate of drug-likeness (QED) is 0.385. The maximum atomic E-state index is 11.7. The first-order chi connectivity index (χ1) is 8.37. The Morgan fingerprint density at radius 2 is 2.17 bits per heavy atom. The van der Waals surface area contributed by atoms with Crippen LogP contribution in [-0.4, -0.2) is 46.8 Å². The largest absolute Gasteiger partial charge is 0.451 e. The van der Waals surface area contributed by atoms with E-state index in [1.807, 2.05) is 26.0 Å². The molecule has 0 aromatic heterocycles. The molecule has 1 aliphatic carbocycles. The fourth-order valence-corrected chi connectivity index (χ4v) is 3.26. The smallest absolute Gasteiger partial charge is 0.435 e. The Kier molecular flexibility index (Phi) is 2.54. The maximum Gasteiger partial charge on any atom is 0.435 e. The summed E-state index contributed by atoms with van der Waals surface area (Å²) in [7, 11) is 1.31. The molecule has 4 rings (SSSR count). The topological polar surface area (TPSA) is 57.2 Å². The lowest BCUT2D eigenvalue weighted by Gasteiger charge is -2.49. The van der Waals surface area contributed by atoms with Crippen molar-refractivity contribution in [2.45, 2.75) is 42.4 Å². The van der Waals surface area contributed by atoms with E-state index >= 15 is 0 Å². The molecule has 3 aliphatic heterocycles. The van der Waals surface area contributed by atoms with Gasteiger partial charge in [0.15, 0.2) is 10.2 Å². The minimum atomic E-state index is -0.896. The molecule has 4 atom stereocenters. The highest BCUT2D eigenvalue weighted by atomic mass is 79.9. The number of hydrogen-bond acceptors (Lipinski definition) is 5. The summed E-state index contributed by atoms with van der Waals surface area (Å²) in [5, 5.41) is 1.16. The summed E-state index contributed by atoms with van der Waals surface area (Å²) >= 11 is 3.51. The van der Waals surface area contributed by atoms with Crippen LogP contribution in [0.15, 0.2) is 12.2 Å². The molecule has 0 radical (unpaired) electrons. The van der Waals surface area contributed by atoms with E-state index < -0.39 is 16.3 Å². The number of halogens is 1. The monoisotopic (exact) mass is 319 g/mol. The number of hydroxylamine groups is 2. The Morgan fingerprint density at radius 1 is 1.44 bits per heavy atom. The zero-order valence-corrected chi connectivity index (χ0v) is 11.8. The van der Waals surface area contributed by atoms with E-state index in [2.05, 4.69) is 15.9 Å². The van der Waals surface area contributed by atoms with Gasteiger partial charge in [-0.3, -0.25) is 4.84 Å². The number of carbonyl (C=O) groups excluding carboxylic acids is 1. The normalized spacial score (nSPS) is 44.0. The highest BCUT2D eigenvalue weighted by molar-refractivity contribution is 9.10. The van der Waals surface area contributed by atoms with E-state index in [4.69, 9.17) is 19.0 Å². The van der Waals surface area contributed by atoms with Gasteiger partial charge in [-0.25, -0.2) is 4.79 Å². The number of fused-ring (bicyclic) bond motifs is 1. The van der Waals surface area contributed by atoms with Crippen LogP contribution in [0.3, 0.4) is 0 Å². The Morgan fingerprint density at radius 3 is 2.83 bits per heavy atom. The number of carbonyl (C=O) groups is 1. The molecular weight excluding hydrogens is 306 g/mol.